The molecular formula is C14H20N4. The van der Waals surface area contributed by atoms with Crippen molar-refractivity contribution in [3.8, 4) is 0 Å². The first-order valence-electron chi connectivity index (χ1n) is 6.04. The van der Waals surface area contributed by atoms with Crippen molar-refractivity contribution in [2.24, 2.45) is 11.5 Å². The Morgan fingerprint density at radius 1 is 0.722 bits per heavy atom. The lowest BCUT2D eigenvalue weighted by Gasteiger charge is -2.20. The smallest absolute Gasteiger partial charge is 0.0891 e. The van der Waals surface area contributed by atoms with E-state index in [1.807, 2.05) is 52.0 Å². The van der Waals surface area contributed by atoms with Crippen LogP contribution in [-0.2, 0) is 11.1 Å². The van der Waals surface area contributed by atoms with Gasteiger partial charge in [-0.25, -0.2) is 9.97 Å². The third kappa shape index (κ3) is 2.49. The lowest BCUT2D eigenvalue weighted by molar-refractivity contribution is 0.534. The molecule has 4 nitrogen and oxygen atoms in total. The highest BCUT2D eigenvalue weighted by Crippen LogP contribution is 2.21. The van der Waals surface area contributed by atoms with Crippen LogP contribution in [-0.4, -0.2) is 9.97 Å². The summed E-state index contributed by atoms with van der Waals surface area (Å²) in [5.41, 5.74) is 14.6. The standard InChI is InChI=1S/C14H20N4/c1-13(2,15)11-7-5-10-9(17-11)6-8-12(18-10)14(3,4)16/h5-8H,15-16H2,1-4H3. The highest BCUT2D eigenvalue weighted by Gasteiger charge is 2.18. The van der Waals surface area contributed by atoms with Gasteiger partial charge < -0.3 is 11.5 Å². The van der Waals surface area contributed by atoms with Crippen LogP contribution >= 0.6 is 0 Å². The number of pyridine rings is 2. The second kappa shape index (κ2) is 4.00. The van der Waals surface area contributed by atoms with Crippen LogP contribution in [0.25, 0.3) is 11.0 Å². The highest BCUT2D eigenvalue weighted by atomic mass is 14.9. The van der Waals surface area contributed by atoms with Gasteiger partial charge >= 0.3 is 0 Å². The zero-order chi connectivity index (χ0) is 13.6. The number of fused-ring (bicyclic) bond motifs is 1. The number of hydrogen-bond donors (Lipinski definition) is 2. The Morgan fingerprint density at radius 3 is 1.33 bits per heavy atom. The first-order valence-corrected chi connectivity index (χ1v) is 6.04. The number of aromatic nitrogens is 2. The van der Waals surface area contributed by atoms with Crippen molar-refractivity contribution in [3.63, 3.8) is 0 Å². The van der Waals surface area contributed by atoms with Gasteiger partial charge in [0.05, 0.1) is 33.5 Å². The molecule has 0 unspecified atom stereocenters. The number of nitrogens with two attached hydrogens (primary N) is 2. The molecule has 0 aliphatic carbocycles. The molecule has 18 heavy (non-hydrogen) atoms. The minimum absolute atomic E-state index is 0.444. The van der Waals surface area contributed by atoms with Crippen LogP contribution in [0.4, 0.5) is 0 Å². The summed E-state index contributed by atoms with van der Waals surface area (Å²) in [6.07, 6.45) is 0. The quantitative estimate of drug-likeness (QED) is 0.847. The van der Waals surface area contributed by atoms with E-state index in [4.69, 9.17) is 11.5 Å². The Kier molecular flexibility index (Phi) is 2.87. The van der Waals surface area contributed by atoms with Crippen molar-refractivity contribution in [1.82, 2.24) is 9.97 Å². The summed E-state index contributed by atoms with van der Waals surface area (Å²) in [4.78, 5) is 9.08. The van der Waals surface area contributed by atoms with Gasteiger partial charge in [0.15, 0.2) is 0 Å². The maximum absolute atomic E-state index is 6.04. The van der Waals surface area contributed by atoms with Gasteiger partial charge in [0, 0.05) is 0 Å². The average molecular weight is 244 g/mol. The number of rotatable bonds is 2. The predicted octanol–water partition coefficient (Wildman–Crippen LogP) is 2.02. The molecule has 0 aromatic carbocycles. The molecule has 4 heteroatoms. The van der Waals surface area contributed by atoms with Crippen LogP contribution in [0.1, 0.15) is 39.1 Å². The molecule has 0 atom stereocenters. The molecule has 0 saturated carbocycles. The third-order valence-corrected chi connectivity index (χ3v) is 2.86. The Labute approximate surface area is 107 Å². The van der Waals surface area contributed by atoms with Crippen LogP contribution in [0.2, 0.25) is 0 Å². The third-order valence-electron chi connectivity index (χ3n) is 2.86. The summed E-state index contributed by atoms with van der Waals surface area (Å²) >= 11 is 0. The van der Waals surface area contributed by atoms with E-state index >= 15 is 0 Å². The van der Waals surface area contributed by atoms with E-state index in [0.29, 0.717) is 0 Å². The Hall–Kier alpha value is -1.52. The summed E-state index contributed by atoms with van der Waals surface area (Å²) in [7, 11) is 0. The van der Waals surface area contributed by atoms with Crippen LogP contribution in [0, 0.1) is 0 Å². The molecular weight excluding hydrogens is 224 g/mol. The first kappa shape index (κ1) is 12.9. The molecule has 96 valence electrons. The molecule has 2 aromatic rings. The molecule has 0 radical (unpaired) electrons. The zero-order valence-corrected chi connectivity index (χ0v) is 11.4. The Balaban J connectivity index is 2.56. The molecule has 2 heterocycles. The van der Waals surface area contributed by atoms with Gasteiger partial charge in [-0.3, -0.25) is 0 Å². The predicted molar refractivity (Wildman–Crippen MR) is 74.0 cm³/mol. The molecule has 0 aliphatic rings. The van der Waals surface area contributed by atoms with E-state index in [2.05, 4.69) is 9.97 Å². The van der Waals surface area contributed by atoms with E-state index < -0.39 is 11.1 Å². The van der Waals surface area contributed by atoms with Gasteiger partial charge in [-0.05, 0) is 52.0 Å². The average Bonchev–Trinajstić information content (AvgIpc) is 2.25. The van der Waals surface area contributed by atoms with Gasteiger partial charge in [-0.15, -0.1) is 0 Å². The van der Waals surface area contributed by atoms with Crippen LogP contribution < -0.4 is 11.5 Å². The first-order chi connectivity index (χ1) is 8.18. The fourth-order valence-electron chi connectivity index (χ4n) is 1.73. The SMILES string of the molecule is CC(C)(N)c1ccc2nc(C(C)(C)N)ccc2n1. The van der Waals surface area contributed by atoms with E-state index in [1.54, 1.807) is 0 Å². The molecule has 0 spiro atoms. The minimum Gasteiger partial charge on any atom is -0.321 e. The van der Waals surface area contributed by atoms with Gasteiger partial charge in [-0.1, -0.05) is 0 Å². The molecule has 0 aliphatic heterocycles. The lowest BCUT2D eigenvalue weighted by Crippen LogP contribution is -2.30. The summed E-state index contributed by atoms with van der Waals surface area (Å²) in [5, 5.41) is 0. The summed E-state index contributed by atoms with van der Waals surface area (Å²) in [6, 6.07) is 7.73. The lowest BCUT2D eigenvalue weighted by atomic mass is 10.00. The molecule has 2 aromatic heterocycles. The monoisotopic (exact) mass is 244 g/mol. The van der Waals surface area contributed by atoms with Crippen molar-refractivity contribution in [2.75, 3.05) is 0 Å². The largest absolute Gasteiger partial charge is 0.321 e. The molecule has 0 bridgehead atoms. The second-order valence-corrected chi connectivity index (χ2v) is 5.87. The van der Waals surface area contributed by atoms with Crippen LogP contribution in [0.15, 0.2) is 24.3 Å². The maximum Gasteiger partial charge on any atom is 0.0891 e. The van der Waals surface area contributed by atoms with Gasteiger partial charge in [0.2, 0.25) is 0 Å². The van der Waals surface area contributed by atoms with Gasteiger partial charge in [-0.2, -0.15) is 0 Å². The van der Waals surface area contributed by atoms with Crippen LogP contribution in [0.5, 0.6) is 0 Å². The molecule has 4 N–H and O–H groups in total. The Morgan fingerprint density at radius 2 is 1.06 bits per heavy atom. The second-order valence-electron chi connectivity index (χ2n) is 5.87. The fourth-order valence-corrected chi connectivity index (χ4v) is 1.73. The van der Waals surface area contributed by atoms with E-state index in [-0.39, 0.29) is 0 Å². The van der Waals surface area contributed by atoms with E-state index in [0.717, 1.165) is 22.4 Å². The van der Waals surface area contributed by atoms with Crippen LogP contribution in [0.3, 0.4) is 0 Å². The summed E-state index contributed by atoms with van der Waals surface area (Å²) in [6.45, 7) is 7.75. The summed E-state index contributed by atoms with van der Waals surface area (Å²) < 4.78 is 0. The van der Waals surface area contributed by atoms with E-state index in [9.17, 15) is 0 Å². The van der Waals surface area contributed by atoms with Crippen molar-refractivity contribution in [2.45, 2.75) is 38.8 Å². The van der Waals surface area contributed by atoms with Gasteiger partial charge in [0.25, 0.3) is 0 Å². The van der Waals surface area contributed by atoms with Crippen molar-refractivity contribution in [3.05, 3.63) is 35.7 Å². The molecule has 2 rings (SSSR count). The van der Waals surface area contributed by atoms with E-state index in [1.165, 1.54) is 0 Å². The molecule has 0 amide bonds. The van der Waals surface area contributed by atoms with Gasteiger partial charge in [0.1, 0.15) is 0 Å². The normalized spacial score (nSPS) is 13.0. The highest BCUT2D eigenvalue weighted by molar-refractivity contribution is 5.74. The zero-order valence-electron chi connectivity index (χ0n) is 11.4. The molecule has 0 fully saturated rings. The van der Waals surface area contributed by atoms with Crippen molar-refractivity contribution >= 4 is 11.0 Å². The maximum atomic E-state index is 6.04. The topological polar surface area (TPSA) is 77.8 Å². The number of nitrogens with zero attached hydrogens (tertiary/aromatic N) is 2. The molecule has 0 saturated heterocycles. The summed E-state index contributed by atoms with van der Waals surface area (Å²) in [5.74, 6) is 0. The minimum atomic E-state index is -0.444. The number of hydrogen-bond acceptors (Lipinski definition) is 4. The van der Waals surface area contributed by atoms with Crippen molar-refractivity contribution < 1.29 is 0 Å². The van der Waals surface area contributed by atoms with Crippen molar-refractivity contribution in [1.29, 1.82) is 0 Å². The Bertz CT molecular complexity index is 523. The fraction of sp³-hybridized carbons (Fsp3) is 0.429.